The van der Waals surface area contributed by atoms with Crippen molar-refractivity contribution in [1.29, 1.82) is 5.26 Å². The summed E-state index contributed by atoms with van der Waals surface area (Å²) in [5.74, 6) is 0.480. The highest BCUT2D eigenvalue weighted by atomic mass is 16.5. The maximum atomic E-state index is 9.43. The largest absolute Gasteiger partial charge is 0.356 e. The first-order valence-corrected chi connectivity index (χ1v) is 7.19. The van der Waals surface area contributed by atoms with Crippen LogP contribution >= 0.6 is 0 Å². The summed E-state index contributed by atoms with van der Waals surface area (Å²) < 4.78 is 5.86. The van der Waals surface area contributed by atoms with E-state index in [0.29, 0.717) is 18.9 Å². The molecule has 0 bridgehead atoms. The van der Waals surface area contributed by atoms with Crippen LogP contribution in [0.2, 0.25) is 0 Å². The van der Waals surface area contributed by atoms with Crippen LogP contribution in [0.3, 0.4) is 0 Å². The third-order valence-electron chi connectivity index (χ3n) is 3.78. The summed E-state index contributed by atoms with van der Waals surface area (Å²) in [6.07, 6.45) is 7.67. The van der Waals surface area contributed by atoms with Gasteiger partial charge < -0.3 is 4.74 Å². The lowest BCUT2D eigenvalue weighted by molar-refractivity contribution is 0.0147. The highest BCUT2D eigenvalue weighted by Gasteiger charge is 2.29. The molecule has 0 amide bonds. The van der Waals surface area contributed by atoms with Gasteiger partial charge in [0.1, 0.15) is 6.07 Å². The molecule has 0 saturated heterocycles. The minimum Gasteiger partial charge on any atom is -0.356 e. The van der Waals surface area contributed by atoms with Gasteiger partial charge >= 0.3 is 0 Å². The Labute approximate surface area is 121 Å². The summed E-state index contributed by atoms with van der Waals surface area (Å²) in [6, 6.07) is 12.5. The first-order chi connectivity index (χ1) is 9.69. The molecule has 0 saturated carbocycles. The van der Waals surface area contributed by atoms with E-state index in [1.54, 1.807) is 0 Å². The minimum absolute atomic E-state index is 0.480. The third kappa shape index (κ3) is 3.37. The monoisotopic (exact) mass is 267 g/mol. The van der Waals surface area contributed by atoms with Crippen molar-refractivity contribution in [2.45, 2.75) is 32.3 Å². The van der Waals surface area contributed by atoms with Crippen molar-refractivity contribution in [2.75, 3.05) is 6.61 Å². The van der Waals surface area contributed by atoms with Crippen LogP contribution in [0.1, 0.15) is 32.3 Å². The molecule has 2 heteroatoms. The highest BCUT2D eigenvalue weighted by Crippen LogP contribution is 2.29. The van der Waals surface area contributed by atoms with E-state index in [1.165, 1.54) is 5.56 Å². The molecule has 0 spiro atoms. The first-order valence-electron chi connectivity index (χ1n) is 7.19. The molecule has 0 heterocycles. The number of benzene rings is 1. The van der Waals surface area contributed by atoms with Gasteiger partial charge in [-0.15, -0.1) is 0 Å². The fraction of sp³-hybridized carbons (Fsp3) is 0.389. The quantitative estimate of drug-likeness (QED) is 0.794. The molecule has 2 nitrogen and oxygen atoms in total. The maximum Gasteiger partial charge on any atom is 0.176 e. The Balaban J connectivity index is 2.06. The van der Waals surface area contributed by atoms with Crippen LogP contribution in [0.4, 0.5) is 0 Å². The van der Waals surface area contributed by atoms with Crippen LogP contribution in [0.15, 0.2) is 48.6 Å². The van der Waals surface area contributed by atoms with Gasteiger partial charge in [-0.2, -0.15) is 5.26 Å². The van der Waals surface area contributed by atoms with Crippen LogP contribution in [0.25, 0.3) is 5.57 Å². The molecule has 0 N–H and O–H groups in total. The van der Waals surface area contributed by atoms with Crippen LogP contribution in [-0.4, -0.2) is 12.2 Å². The highest BCUT2D eigenvalue weighted by molar-refractivity contribution is 5.75. The van der Waals surface area contributed by atoms with E-state index in [0.717, 1.165) is 12.0 Å². The topological polar surface area (TPSA) is 33.0 Å². The van der Waals surface area contributed by atoms with Gasteiger partial charge in [0.05, 0.1) is 6.61 Å². The number of hydrogen-bond acceptors (Lipinski definition) is 2. The lowest BCUT2D eigenvalue weighted by Gasteiger charge is -2.27. The fourth-order valence-corrected chi connectivity index (χ4v) is 2.10. The van der Waals surface area contributed by atoms with E-state index in [-0.39, 0.29) is 0 Å². The summed E-state index contributed by atoms with van der Waals surface area (Å²) >= 11 is 0. The molecule has 1 aliphatic rings. The first kappa shape index (κ1) is 14.6. The Morgan fingerprint density at radius 1 is 1.35 bits per heavy atom. The normalized spacial score (nSPS) is 22.9. The van der Waals surface area contributed by atoms with Gasteiger partial charge in [0, 0.05) is 6.42 Å². The molecule has 0 radical (unpaired) electrons. The van der Waals surface area contributed by atoms with Gasteiger partial charge in [0.15, 0.2) is 5.60 Å². The van der Waals surface area contributed by atoms with Crippen molar-refractivity contribution < 1.29 is 4.74 Å². The average Bonchev–Trinajstić information content (AvgIpc) is 2.54. The summed E-state index contributed by atoms with van der Waals surface area (Å²) in [5.41, 5.74) is 1.54. The van der Waals surface area contributed by atoms with E-state index in [2.05, 4.69) is 38.1 Å². The van der Waals surface area contributed by atoms with Gasteiger partial charge in [-0.05, 0) is 23.1 Å². The fourth-order valence-electron chi connectivity index (χ4n) is 2.10. The number of ether oxygens (including phenoxy) is 1. The Morgan fingerprint density at radius 3 is 2.65 bits per heavy atom. The Morgan fingerprint density at radius 2 is 2.10 bits per heavy atom. The SMILES string of the molecule is CCC(C)COC1(C#N)C=CC(c2ccccc2)=CC1. The second kappa shape index (κ2) is 6.54. The van der Waals surface area contributed by atoms with E-state index in [4.69, 9.17) is 4.74 Å². The summed E-state index contributed by atoms with van der Waals surface area (Å²) in [4.78, 5) is 0. The number of allylic oxidation sites excluding steroid dienone is 2. The molecule has 20 heavy (non-hydrogen) atoms. The Kier molecular flexibility index (Phi) is 4.76. The van der Waals surface area contributed by atoms with Crippen molar-refractivity contribution in [3.63, 3.8) is 0 Å². The molecule has 1 aliphatic carbocycles. The molecule has 2 rings (SSSR count). The maximum absolute atomic E-state index is 9.43. The summed E-state index contributed by atoms with van der Waals surface area (Å²) in [6.45, 7) is 4.91. The Bertz CT molecular complexity index is 538. The summed E-state index contributed by atoms with van der Waals surface area (Å²) in [7, 11) is 0. The van der Waals surface area contributed by atoms with E-state index < -0.39 is 5.60 Å². The molecule has 2 atom stereocenters. The van der Waals surface area contributed by atoms with Crippen molar-refractivity contribution in [1.82, 2.24) is 0 Å². The minimum atomic E-state index is -0.790. The van der Waals surface area contributed by atoms with Gasteiger partial charge in [-0.3, -0.25) is 0 Å². The van der Waals surface area contributed by atoms with Crippen LogP contribution in [-0.2, 0) is 4.74 Å². The predicted octanol–water partition coefficient (Wildman–Crippen LogP) is 4.35. The second-order valence-corrected chi connectivity index (χ2v) is 5.39. The average molecular weight is 267 g/mol. The third-order valence-corrected chi connectivity index (χ3v) is 3.78. The molecule has 0 aliphatic heterocycles. The van der Waals surface area contributed by atoms with E-state index in [1.807, 2.05) is 30.4 Å². The molecule has 0 fully saturated rings. The summed E-state index contributed by atoms with van der Waals surface area (Å²) in [5, 5.41) is 9.43. The molecule has 104 valence electrons. The van der Waals surface area contributed by atoms with Crippen LogP contribution < -0.4 is 0 Å². The standard InChI is InChI=1S/C18H21NO/c1-3-15(2)13-20-18(14-19)11-9-17(10-12-18)16-7-5-4-6-8-16/h4-11,15H,3,12-13H2,1-2H3. The number of rotatable bonds is 5. The molecular formula is C18H21NO. The Hall–Kier alpha value is -1.85. The molecule has 1 aromatic carbocycles. The van der Waals surface area contributed by atoms with E-state index >= 15 is 0 Å². The zero-order valence-electron chi connectivity index (χ0n) is 12.2. The molecule has 0 aromatic heterocycles. The number of hydrogen-bond donors (Lipinski definition) is 0. The number of nitriles is 1. The van der Waals surface area contributed by atoms with Gasteiger partial charge in [-0.1, -0.05) is 62.8 Å². The smallest absolute Gasteiger partial charge is 0.176 e. The van der Waals surface area contributed by atoms with Gasteiger partial charge in [0.2, 0.25) is 0 Å². The molecule has 1 aromatic rings. The molecule has 2 unspecified atom stereocenters. The second-order valence-electron chi connectivity index (χ2n) is 5.39. The zero-order valence-corrected chi connectivity index (χ0v) is 12.2. The van der Waals surface area contributed by atoms with Crippen molar-refractivity contribution in [3.05, 3.63) is 54.1 Å². The van der Waals surface area contributed by atoms with Gasteiger partial charge in [-0.25, -0.2) is 0 Å². The van der Waals surface area contributed by atoms with Crippen LogP contribution in [0, 0.1) is 17.2 Å². The lowest BCUT2D eigenvalue weighted by Crippen LogP contribution is -2.31. The van der Waals surface area contributed by atoms with Crippen molar-refractivity contribution in [2.24, 2.45) is 5.92 Å². The van der Waals surface area contributed by atoms with E-state index in [9.17, 15) is 5.26 Å². The van der Waals surface area contributed by atoms with Gasteiger partial charge in [0.25, 0.3) is 0 Å². The zero-order chi connectivity index (χ0) is 14.4. The van der Waals surface area contributed by atoms with Crippen molar-refractivity contribution in [3.8, 4) is 6.07 Å². The predicted molar refractivity (Wildman–Crippen MR) is 81.9 cm³/mol. The lowest BCUT2D eigenvalue weighted by atomic mass is 9.90. The molecular weight excluding hydrogens is 246 g/mol. The number of nitrogens with zero attached hydrogens (tertiary/aromatic N) is 1. The van der Waals surface area contributed by atoms with Crippen molar-refractivity contribution >= 4 is 5.57 Å². The van der Waals surface area contributed by atoms with Crippen LogP contribution in [0.5, 0.6) is 0 Å².